The van der Waals surface area contributed by atoms with Gasteiger partial charge in [-0.05, 0) is 55.8 Å². The van der Waals surface area contributed by atoms with E-state index in [0.717, 1.165) is 13.1 Å². The van der Waals surface area contributed by atoms with Crippen LogP contribution in [-0.4, -0.2) is 30.9 Å². The van der Waals surface area contributed by atoms with Crippen molar-refractivity contribution in [1.29, 1.82) is 5.26 Å². The van der Waals surface area contributed by atoms with Crippen molar-refractivity contribution < 1.29 is 51.9 Å². The van der Waals surface area contributed by atoms with E-state index in [4.69, 9.17) is 10.00 Å². The number of hydrogen-bond donors (Lipinski definition) is 2. The van der Waals surface area contributed by atoms with Crippen molar-refractivity contribution in [3.63, 3.8) is 0 Å². The third-order valence-electron chi connectivity index (χ3n) is 4.14. The van der Waals surface area contributed by atoms with Gasteiger partial charge in [-0.25, -0.2) is 17.8 Å². The van der Waals surface area contributed by atoms with Crippen molar-refractivity contribution >= 4 is 39.1 Å². The van der Waals surface area contributed by atoms with Crippen molar-refractivity contribution in [2.45, 2.75) is 18.7 Å². The van der Waals surface area contributed by atoms with E-state index in [9.17, 15) is 17.6 Å². The number of halogens is 1. The summed E-state index contributed by atoms with van der Waals surface area (Å²) in [5.74, 6) is -1.18. The minimum absolute atomic E-state index is 0. The molecule has 1 heterocycles. The molecule has 34 heavy (non-hydrogen) atoms. The van der Waals surface area contributed by atoms with E-state index < -0.39 is 21.7 Å². The van der Waals surface area contributed by atoms with Crippen LogP contribution >= 0.6 is 0 Å². The second kappa shape index (κ2) is 11.8. The van der Waals surface area contributed by atoms with Crippen LogP contribution in [0.2, 0.25) is 0 Å². The maximum Gasteiger partial charge on any atom is 1.00 e. The molecule has 13 heteroatoms. The van der Waals surface area contributed by atoms with Crippen molar-refractivity contribution in [3.05, 3.63) is 64.8 Å². The molecule has 3 aromatic rings. The average molecular weight is 492 g/mol. The average Bonchev–Trinajstić information content (AvgIpc) is 2.76. The van der Waals surface area contributed by atoms with Crippen molar-refractivity contribution in [1.82, 2.24) is 9.97 Å². The molecule has 2 N–H and O–H groups in total. The van der Waals surface area contributed by atoms with Gasteiger partial charge in [0.25, 0.3) is 0 Å². The summed E-state index contributed by atoms with van der Waals surface area (Å²) in [4.78, 5) is 19.0. The fourth-order valence-electron chi connectivity index (χ4n) is 2.71. The van der Waals surface area contributed by atoms with Crippen molar-refractivity contribution in [3.8, 4) is 11.8 Å². The van der Waals surface area contributed by atoms with Crippen LogP contribution in [0.25, 0.3) is 4.72 Å². The predicted octanol–water partition coefficient (Wildman–Crippen LogP) is 0.927. The predicted molar refractivity (Wildman–Crippen MR) is 119 cm³/mol. The summed E-state index contributed by atoms with van der Waals surface area (Å²) in [6, 6.07) is 12.7. The number of nitriles is 1. The van der Waals surface area contributed by atoms with Crippen molar-refractivity contribution in [2.75, 3.05) is 17.2 Å². The Balaban J connectivity index is 0.00000408. The first-order chi connectivity index (χ1) is 15.7. The van der Waals surface area contributed by atoms with Crippen LogP contribution in [0.5, 0.6) is 5.75 Å². The zero-order chi connectivity index (χ0) is 24.0. The molecule has 0 radical (unpaired) electrons. The number of amides is 1. The fourth-order valence-corrected chi connectivity index (χ4v) is 3.89. The van der Waals surface area contributed by atoms with Crippen LogP contribution in [0.4, 0.5) is 27.5 Å². The van der Waals surface area contributed by atoms with Gasteiger partial charge in [0, 0.05) is 11.4 Å². The molecular formula is C21H18FN6NaO4S. The van der Waals surface area contributed by atoms with Gasteiger partial charge in [-0.15, -0.1) is 0 Å². The van der Waals surface area contributed by atoms with Gasteiger partial charge in [0.1, 0.15) is 21.8 Å². The number of aromatic nitrogens is 2. The molecule has 0 fully saturated rings. The summed E-state index contributed by atoms with van der Waals surface area (Å²) in [7, 11) is -4.18. The van der Waals surface area contributed by atoms with Gasteiger partial charge in [0.15, 0.2) is 18.2 Å². The number of hydrogen-bond acceptors (Lipinski definition) is 9. The number of nitrogens with zero attached hydrogens (tertiary/aromatic N) is 4. The Morgan fingerprint density at radius 3 is 2.50 bits per heavy atom. The minimum Gasteiger partial charge on any atom is -0.542 e. The molecule has 0 spiro atoms. The number of rotatable bonds is 8. The molecule has 0 aliphatic heterocycles. The number of nitrogens with one attached hydrogen (secondary N) is 2. The van der Waals surface area contributed by atoms with E-state index in [0.29, 0.717) is 22.7 Å². The van der Waals surface area contributed by atoms with E-state index in [1.807, 2.05) is 6.07 Å². The van der Waals surface area contributed by atoms with Crippen LogP contribution < -0.4 is 44.9 Å². The topological polar surface area (TPSA) is 148 Å². The molecule has 0 bridgehead atoms. The first-order valence-electron chi connectivity index (χ1n) is 9.43. The van der Waals surface area contributed by atoms with Gasteiger partial charge in [-0.2, -0.15) is 10.2 Å². The molecule has 0 atom stereocenters. The van der Waals surface area contributed by atoms with Gasteiger partial charge in [0.2, 0.25) is 5.95 Å². The van der Waals surface area contributed by atoms with Gasteiger partial charge in [0.05, 0.1) is 17.0 Å². The van der Waals surface area contributed by atoms with Crippen LogP contribution in [0.1, 0.15) is 12.5 Å². The molecular weight excluding hydrogens is 474 g/mol. The van der Waals surface area contributed by atoms with Gasteiger partial charge < -0.3 is 24.9 Å². The van der Waals surface area contributed by atoms with Gasteiger partial charge in [-0.1, -0.05) is 6.07 Å². The van der Waals surface area contributed by atoms with E-state index in [-0.39, 0.29) is 52.8 Å². The van der Waals surface area contributed by atoms with E-state index in [2.05, 4.69) is 25.3 Å². The minimum atomic E-state index is -4.18. The first-order valence-corrected chi connectivity index (χ1v) is 10.9. The van der Waals surface area contributed by atoms with Gasteiger partial charge in [-0.3, -0.25) is 0 Å². The molecule has 1 amide bonds. The van der Waals surface area contributed by atoms with Crippen LogP contribution in [0.3, 0.4) is 0 Å². The number of aryl methyl sites for hydroxylation is 1. The second-order valence-electron chi connectivity index (χ2n) is 6.68. The molecule has 1 aromatic heterocycles. The summed E-state index contributed by atoms with van der Waals surface area (Å²) in [6.07, 6.45) is 0.957. The SMILES string of the molecule is CC(=O)[N-]S(=O)(=O)c1cc(Nc2ncc(F)c(Nc3ccc(OCC#N)cc3)n2)ccc1C.[Na+]. The van der Waals surface area contributed by atoms with Crippen LogP contribution in [0.15, 0.2) is 53.6 Å². The number of ether oxygens (including phenoxy) is 1. The van der Waals surface area contributed by atoms with E-state index in [1.54, 1.807) is 37.3 Å². The van der Waals surface area contributed by atoms with Crippen molar-refractivity contribution in [2.24, 2.45) is 0 Å². The molecule has 2 aromatic carbocycles. The number of anilines is 4. The summed E-state index contributed by atoms with van der Waals surface area (Å²) < 4.78 is 47.2. The third-order valence-corrected chi connectivity index (χ3v) is 5.63. The molecule has 0 saturated carbocycles. The maximum absolute atomic E-state index is 14.2. The summed E-state index contributed by atoms with van der Waals surface area (Å²) in [5.41, 5.74) is 1.21. The summed E-state index contributed by atoms with van der Waals surface area (Å²) >= 11 is 0. The Morgan fingerprint density at radius 2 is 1.85 bits per heavy atom. The Labute approximate surface area is 217 Å². The van der Waals surface area contributed by atoms with E-state index in [1.165, 1.54) is 12.1 Å². The Bertz CT molecular complexity index is 1330. The fraction of sp³-hybridized carbons (Fsp3) is 0.143. The zero-order valence-corrected chi connectivity index (χ0v) is 21.4. The molecule has 10 nitrogen and oxygen atoms in total. The molecule has 0 saturated heterocycles. The number of carbonyl (C=O) groups excluding carboxylic acids is 1. The number of benzene rings is 2. The smallest absolute Gasteiger partial charge is 0.542 e. The van der Waals surface area contributed by atoms with E-state index >= 15 is 0 Å². The zero-order valence-electron chi connectivity index (χ0n) is 18.5. The van der Waals surface area contributed by atoms with Crippen LogP contribution in [0, 0.1) is 24.1 Å². The molecule has 170 valence electrons. The Kier molecular flexibility index (Phi) is 9.34. The summed E-state index contributed by atoms with van der Waals surface area (Å²) in [5, 5.41) is 14.2. The second-order valence-corrected chi connectivity index (χ2v) is 8.25. The Morgan fingerprint density at radius 1 is 1.18 bits per heavy atom. The quantitative estimate of drug-likeness (QED) is 0.438. The number of sulfonamides is 1. The third kappa shape index (κ3) is 7.13. The molecule has 0 unspecified atom stereocenters. The number of carbonyl (C=O) groups is 1. The van der Waals surface area contributed by atoms with Gasteiger partial charge >= 0.3 is 29.6 Å². The monoisotopic (exact) mass is 492 g/mol. The standard InChI is InChI=1S/C21H19FN6O4S.Na/c1-13-3-4-16(11-19(13)33(30,31)28-14(2)29)26-21-24-12-18(22)20(27-21)25-15-5-7-17(8-6-15)32-10-9-23;/h3-8,11-12H,10H2,1-2H3,(H3,24,25,26,27,28,29);/q;+1/p-1. The molecule has 0 aliphatic carbocycles. The normalized spacial score (nSPS) is 10.4. The van der Waals surface area contributed by atoms with Crippen LogP contribution in [-0.2, 0) is 14.8 Å². The Hall–Kier alpha value is -3.24. The largest absolute Gasteiger partial charge is 1.00 e. The molecule has 0 aliphatic rings. The first kappa shape index (κ1) is 27.0. The maximum atomic E-state index is 14.2. The summed E-state index contributed by atoms with van der Waals surface area (Å²) in [6.45, 7) is 2.52. The molecule has 3 rings (SSSR count).